The monoisotopic (exact) mass is 235 g/mol. The highest BCUT2D eigenvalue weighted by Gasteiger charge is 2.44. The highest BCUT2D eigenvalue weighted by atomic mass is 19.3. The van der Waals surface area contributed by atoms with Gasteiger partial charge in [-0.3, -0.25) is 4.79 Å². The number of aliphatic carboxylic acids is 1. The highest BCUT2D eigenvalue weighted by molar-refractivity contribution is 5.86. The molecule has 1 fully saturated rings. The van der Waals surface area contributed by atoms with Gasteiger partial charge >= 0.3 is 5.97 Å². The molecule has 1 rings (SSSR count). The normalized spacial score (nSPS) is 30.1. The maximum Gasteiger partial charge on any atom is 0.329 e. The minimum atomic E-state index is -2.41. The van der Waals surface area contributed by atoms with Gasteiger partial charge in [0.15, 0.2) is 0 Å². The fraction of sp³-hybridized carbons (Fsp3) is 0.800. The fourth-order valence-corrected chi connectivity index (χ4v) is 2.11. The molecule has 1 aliphatic rings. The topological polar surface area (TPSA) is 66.4 Å². The van der Waals surface area contributed by atoms with Crippen LogP contribution in [0.1, 0.15) is 32.6 Å². The highest BCUT2D eigenvalue weighted by Crippen LogP contribution is 2.35. The molecular weight excluding hydrogens is 220 g/mol. The number of rotatable bonds is 3. The summed E-state index contributed by atoms with van der Waals surface area (Å²) in [6.45, 7) is 1.23. The predicted molar refractivity (Wildman–Crippen MR) is 52.1 cm³/mol. The van der Waals surface area contributed by atoms with Gasteiger partial charge in [0.25, 0.3) is 0 Å². The van der Waals surface area contributed by atoms with E-state index in [2.05, 4.69) is 5.32 Å². The lowest BCUT2D eigenvalue weighted by Gasteiger charge is -2.36. The van der Waals surface area contributed by atoms with Crippen LogP contribution in [0.3, 0.4) is 0 Å². The molecule has 0 aromatic rings. The van der Waals surface area contributed by atoms with Crippen LogP contribution in [-0.4, -0.2) is 28.9 Å². The zero-order valence-corrected chi connectivity index (χ0v) is 9.00. The van der Waals surface area contributed by atoms with Gasteiger partial charge in [-0.2, -0.15) is 0 Å². The first kappa shape index (κ1) is 12.9. The van der Waals surface area contributed by atoms with E-state index in [9.17, 15) is 18.4 Å². The van der Waals surface area contributed by atoms with Crippen molar-refractivity contribution in [2.24, 2.45) is 5.92 Å². The molecule has 0 bridgehead atoms. The second-order valence-electron chi connectivity index (χ2n) is 4.24. The van der Waals surface area contributed by atoms with Crippen molar-refractivity contribution < 1.29 is 23.5 Å². The molecule has 1 aliphatic carbocycles. The summed E-state index contributed by atoms with van der Waals surface area (Å²) >= 11 is 0. The summed E-state index contributed by atoms with van der Waals surface area (Å²) in [5, 5.41) is 11.4. The van der Waals surface area contributed by atoms with E-state index < -0.39 is 29.8 Å². The quantitative estimate of drug-likeness (QED) is 0.777. The smallest absolute Gasteiger partial charge is 0.329 e. The zero-order valence-electron chi connectivity index (χ0n) is 9.00. The number of carboxylic acids is 1. The summed E-state index contributed by atoms with van der Waals surface area (Å²) in [6.07, 6.45) is -2.02. The van der Waals surface area contributed by atoms with Gasteiger partial charge in [-0.1, -0.05) is 0 Å². The summed E-state index contributed by atoms with van der Waals surface area (Å²) < 4.78 is 24.8. The van der Waals surface area contributed by atoms with Crippen molar-refractivity contribution in [1.29, 1.82) is 0 Å². The van der Waals surface area contributed by atoms with Crippen LogP contribution in [0.25, 0.3) is 0 Å². The molecule has 92 valence electrons. The average Bonchev–Trinajstić information content (AvgIpc) is 2.17. The van der Waals surface area contributed by atoms with Gasteiger partial charge in [0.2, 0.25) is 12.3 Å². The van der Waals surface area contributed by atoms with Crippen molar-refractivity contribution >= 4 is 11.9 Å². The summed E-state index contributed by atoms with van der Waals surface area (Å²) in [5.74, 6) is -2.34. The molecule has 16 heavy (non-hydrogen) atoms. The summed E-state index contributed by atoms with van der Waals surface area (Å²) in [4.78, 5) is 22.0. The fourth-order valence-electron chi connectivity index (χ4n) is 2.11. The van der Waals surface area contributed by atoms with Gasteiger partial charge in [0.05, 0.1) is 0 Å². The van der Waals surface area contributed by atoms with E-state index in [1.807, 2.05) is 0 Å². The Labute approximate surface area is 92.0 Å². The molecule has 0 spiro atoms. The Morgan fingerprint density at radius 1 is 1.38 bits per heavy atom. The second kappa shape index (κ2) is 4.76. The standard InChI is InChI=1S/C10H15F2NO3/c1-6(14)13-10(9(15)16)4-2-7(3-5-10)8(11)12/h7-8H,2-5H2,1H3,(H,13,14)(H,15,16). The van der Waals surface area contributed by atoms with Crippen LogP contribution in [0.15, 0.2) is 0 Å². The number of halogens is 2. The van der Waals surface area contributed by atoms with Crippen molar-refractivity contribution in [3.8, 4) is 0 Å². The number of amides is 1. The number of hydrogen-bond donors (Lipinski definition) is 2. The first-order valence-corrected chi connectivity index (χ1v) is 5.18. The molecule has 0 aliphatic heterocycles. The van der Waals surface area contributed by atoms with E-state index in [1.165, 1.54) is 6.92 Å². The SMILES string of the molecule is CC(=O)NC1(C(=O)O)CCC(C(F)F)CC1. The number of carbonyl (C=O) groups is 2. The van der Waals surface area contributed by atoms with Crippen LogP contribution < -0.4 is 5.32 Å². The second-order valence-corrected chi connectivity index (χ2v) is 4.24. The van der Waals surface area contributed by atoms with Crippen LogP contribution >= 0.6 is 0 Å². The predicted octanol–water partition coefficient (Wildman–Crippen LogP) is 1.40. The first-order valence-electron chi connectivity index (χ1n) is 5.18. The number of carboxylic acid groups (broad SMARTS) is 1. The molecule has 0 aromatic carbocycles. The van der Waals surface area contributed by atoms with E-state index in [1.54, 1.807) is 0 Å². The van der Waals surface area contributed by atoms with E-state index in [4.69, 9.17) is 5.11 Å². The lowest BCUT2D eigenvalue weighted by atomic mass is 9.76. The minimum absolute atomic E-state index is 0.0664. The van der Waals surface area contributed by atoms with E-state index >= 15 is 0 Å². The molecular formula is C10H15F2NO3. The van der Waals surface area contributed by atoms with Crippen LogP contribution in [0.5, 0.6) is 0 Å². The van der Waals surface area contributed by atoms with E-state index in [0.717, 1.165) is 0 Å². The van der Waals surface area contributed by atoms with Crippen LogP contribution in [0, 0.1) is 5.92 Å². The third-order valence-corrected chi connectivity index (χ3v) is 3.06. The maximum absolute atomic E-state index is 12.4. The third-order valence-electron chi connectivity index (χ3n) is 3.06. The van der Waals surface area contributed by atoms with Gasteiger partial charge in [-0.25, -0.2) is 13.6 Å². The molecule has 0 aromatic heterocycles. The third kappa shape index (κ3) is 2.68. The van der Waals surface area contributed by atoms with Gasteiger partial charge in [0, 0.05) is 12.8 Å². The van der Waals surface area contributed by atoms with Crippen molar-refractivity contribution in [2.75, 3.05) is 0 Å². The van der Waals surface area contributed by atoms with Crippen molar-refractivity contribution in [3.63, 3.8) is 0 Å². The van der Waals surface area contributed by atoms with Gasteiger partial charge < -0.3 is 10.4 Å². The molecule has 0 unspecified atom stereocenters. The van der Waals surface area contributed by atoms with E-state index in [-0.39, 0.29) is 25.7 Å². The lowest BCUT2D eigenvalue weighted by Crippen LogP contribution is -2.56. The number of carbonyl (C=O) groups excluding carboxylic acids is 1. The summed E-state index contributed by atoms with van der Waals surface area (Å²) in [7, 11) is 0. The number of nitrogens with one attached hydrogen (secondary N) is 1. The molecule has 1 amide bonds. The first-order chi connectivity index (χ1) is 7.37. The minimum Gasteiger partial charge on any atom is -0.480 e. The average molecular weight is 235 g/mol. The Morgan fingerprint density at radius 3 is 2.19 bits per heavy atom. The van der Waals surface area contributed by atoms with Crippen molar-refractivity contribution in [2.45, 2.75) is 44.6 Å². The Morgan fingerprint density at radius 2 is 1.88 bits per heavy atom. The number of hydrogen-bond acceptors (Lipinski definition) is 2. The molecule has 0 atom stereocenters. The van der Waals surface area contributed by atoms with Crippen molar-refractivity contribution in [3.05, 3.63) is 0 Å². The van der Waals surface area contributed by atoms with Gasteiger partial charge in [-0.05, 0) is 25.7 Å². The van der Waals surface area contributed by atoms with Crippen LogP contribution in [0.4, 0.5) is 8.78 Å². The lowest BCUT2D eigenvalue weighted by molar-refractivity contribution is -0.150. The van der Waals surface area contributed by atoms with Crippen LogP contribution in [0.2, 0.25) is 0 Å². The van der Waals surface area contributed by atoms with Gasteiger partial charge in [0.1, 0.15) is 5.54 Å². The Kier molecular flexibility index (Phi) is 3.83. The molecule has 0 saturated heterocycles. The van der Waals surface area contributed by atoms with Crippen molar-refractivity contribution in [1.82, 2.24) is 5.32 Å². The Balaban J connectivity index is 2.70. The molecule has 1 saturated carbocycles. The molecule has 0 heterocycles. The molecule has 2 N–H and O–H groups in total. The van der Waals surface area contributed by atoms with Crippen LogP contribution in [-0.2, 0) is 9.59 Å². The largest absolute Gasteiger partial charge is 0.480 e. The maximum atomic E-state index is 12.4. The molecule has 6 heteroatoms. The molecule has 0 radical (unpaired) electrons. The number of alkyl halides is 2. The van der Waals surface area contributed by atoms with E-state index in [0.29, 0.717) is 0 Å². The zero-order chi connectivity index (χ0) is 12.3. The van der Waals surface area contributed by atoms with Gasteiger partial charge in [-0.15, -0.1) is 0 Å². The summed E-state index contributed by atoms with van der Waals surface area (Å²) in [6, 6.07) is 0. The molecule has 4 nitrogen and oxygen atoms in total. The Bertz CT molecular complexity index is 286. The Hall–Kier alpha value is -1.20. The summed E-state index contributed by atoms with van der Waals surface area (Å²) in [5.41, 5.74) is -1.35.